The first kappa shape index (κ1) is 23.0. The van der Waals surface area contributed by atoms with E-state index in [1.165, 1.54) is 0 Å². The highest BCUT2D eigenvalue weighted by Gasteiger charge is 2.33. The SMILES string of the molecule is O=C(O)OCCN1C(=O)CN(CCN2CC(=O)N(CCOC(=O)O)C(=O)C2)CC1=O. The highest BCUT2D eigenvalue weighted by atomic mass is 16.7. The van der Waals surface area contributed by atoms with E-state index in [4.69, 9.17) is 10.2 Å². The fourth-order valence-electron chi connectivity index (χ4n) is 3.04. The Bertz CT molecular complexity index is 631. The van der Waals surface area contributed by atoms with Gasteiger partial charge in [0, 0.05) is 13.1 Å². The standard InChI is InChI=1S/C16H22N4O10/c21-11-7-17(8-12(22)19(11)3-5-29-15(25)26)1-2-18-9-13(23)20(14(24)10-18)4-6-30-16(27)28/h1-10H2,(H,25,26)(H,27,28). The van der Waals surface area contributed by atoms with E-state index < -0.39 is 35.9 Å². The van der Waals surface area contributed by atoms with Gasteiger partial charge in [-0.2, -0.15) is 0 Å². The topological polar surface area (TPSA) is 174 Å². The van der Waals surface area contributed by atoms with Crippen LogP contribution in [-0.4, -0.2) is 131 Å². The monoisotopic (exact) mass is 430 g/mol. The first-order valence-corrected chi connectivity index (χ1v) is 9.00. The molecule has 0 aromatic heterocycles. The predicted octanol–water partition coefficient (Wildman–Crippen LogP) is -2.28. The molecule has 2 fully saturated rings. The van der Waals surface area contributed by atoms with Crippen molar-refractivity contribution in [2.45, 2.75) is 0 Å². The van der Waals surface area contributed by atoms with Crippen LogP contribution in [0.1, 0.15) is 0 Å². The molecule has 0 saturated carbocycles. The number of nitrogens with zero attached hydrogens (tertiary/aromatic N) is 4. The Morgan fingerprint density at radius 2 is 0.933 bits per heavy atom. The summed E-state index contributed by atoms with van der Waals surface area (Å²) in [7, 11) is 0. The lowest BCUT2D eigenvalue weighted by atomic mass is 10.2. The Labute approximate surface area is 170 Å². The molecule has 2 N–H and O–H groups in total. The molecular formula is C16H22N4O10. The second-order valence-corrected chi connectivity index (χ2v) is 6.53. The van der Waals surface area contributed by atoms with Gasteiger partial charge in [-0.05, 0) is 0 Å². The number of carbonyl (C=O) groups is 6. The number of imide groups is 2. The van der Waals surface area contributed by atoms with E-state index in [9.17, 15) is 28.8 Å². The van der Waals surface area contributed by atoms with Gasteiger partial charge in [0.25, 0.3) is 0 Å². The first-order chi connectivity index (χ1) is 14.2. The molecule has 2 heterocycles. The molecule has 0 radical (unpaired) electrons. The quantitative estimate of drug-likeness (QED) is 0.296. The molecule has 30 heavy (non-hydrogen) atoms. The van der Waals surface area contributed by atoms with Gasteiger partial charge in [0.15, 0.2) is 0 Å². The van der Waals surface area contributed by atoms with E-state index in [2.05, 4.69) is 9.47 Å². The van der Waals surface area contributed by atoms with Crippen molar-refractivity contribution < 1.29 is 48.5 Å². The summed E-state index contributed by atoms with van der Waals surface area (Å²) in [6.07, 6.45) is -2.99. The highest BCUT2D eigenvalue weighted by Crippen LogP contribution is 2.08. The molecule has 0 aliphatic carbocycles. The molecule has 2 rings (SSSR count). The van der Waals surface area contributed by atoms with Gasteiger partial charge in [0.05, 0.1) is 39.3 Å². The molecule has 0 aromatic carbocycles. The molecule has 0 aromatic rings. The van der Waals surface area contributed by atoms with Crippen molar-refractivity contribution >= 4 is 35.9 Å². The minimum atomic E-state index is -1.49. The molecule has 0 atom stereocenters. The van der Waals surface area contributed by atoms with Crippen molar-refractivity contribution in [3.8, 4) is 0 Å². The summed E-state index contributed by atoms with van der Waals surface area (Å²) in [4.78, 5) is 74.1. The van der Waals surface area contributed by atoms with Crippen molar-refractivity contribution in [1.29, 1.82) is 0 Å². The molecule has 0 bridgehead atoms. The Kier molecular flexibility index (Phi) is 8.06. The van der Waals surface area contributed by atoms with Crippen LogP contribution in [0.15, 0.2) is 0 Å². The molecule has 14 nitrogen and oxygen atoms in total. The molecule has 0 unspecified atom stereocenters. The number of carbonyl (C=O) groups excluding carboxylic acids is 4. The fourth-order valence-corrected chi connectivity index (χ4v) is 3.04. The van der Waals surface area contributed by atoms with Crippen LogP contribution in [-0.2, 0) is 28.7 Å². The minimum Gasteiger partial charge on any atom is -0.450 e. The summed E-state index contributed by atoms with van der Waals surface area (Å²) in [5.74, 6) is -1.96. The summed E-state index contributed by atoms with van der Waals surface area (Å²) in [5, 5.41) is 16.8. The molecule has 14 heteroatoms. The molecule has 166 valence electrons. The van der Waals surface area contributed by atoms with Crippen LogP contribution in [0.3, 0.4) is 0 Å². The number of ether oxygens (including phenoxy) is 2. The summed E-state index contributed by atoms with van der Waals surface area (Å²) in [6.45, 7) is -0.652. The van der Waals surface area contributed by atoms with Crippen LogP contribution in [0.5, 0.6) is 0 Å². The van der Waals surface area contributed by atoms with E-state index in [1.807, 2.05) is 0 Å². The van der Waals surface area contributed by atoms with Gasteiger partial charge < -0.3 is 19.7 Å². The van der Waals surface area contributed by atoms with E-state index in [-0.39, 0.29) is 65.6 Å². The number of amides is 4. The van der Waals surface area contributed by atoms with E-state index >= 15 is 0 Å². The molecule has 2 saturated heterocycles. The zero-order valence-corrected chi connectivity index (χ0v) is 16.0. The lowest BCUT2D eigenvalue weighted by Gasteiger charge is -2.35. The number of rotatable bonds is 9. The van der Waals surface area contributed by atoms with Crippen LogP contribution < -0.4 is 0 Å². The first-order valence-electron chi connectivity index (χ1n) is 9.00. The second kappa shape index (κ2) is 10.5. The fraction of sp³-hybridized carbons (Fsp3) is 0.625. The van der Waals surface area contributed by atoms with Crippen molar-refractivity contribution in [2.24, 2.45) is 0 Å². The van der Waals surface area contributed by atoms with Gasteiger partial charge in [-0.25, -0.2) is 9.59 Å². The lowest BCUT2D eigenvalue weighted by molar-refractivity contribution is -0.155. The molecule has 2 aliphatic rings. The maximum absolute atomic E-state index is 12.1. The van der Waals surface area contributed by atoms with Crippen molar-refractivity contribution in [1.82, 2.24) is 19.6 Å². The zero-order valence-electron chi connectivity index (χ0n) is 16.0. The Morgan fingerprint density at radius 3 is 1.20 bits per heavy atom. The third-order valence-corrected chi connectivity index (χ3v) is 4.45. The van der Waals surface area contributed by atoms with Crippen molar-refractivity contribution in [3.63, 3.8) is 0 Å². The van der Waals surface area contributed by atoms with Crippen LogP contribution in [0.4, 0.5) is 9.59 Å². The summed E-state index contributed by atoms with van der Waals surface area (Å²) < 4.78 is 8.61. The Hall–Kier alpha value is -3.26. The van der Waals surface area contributed by atoms with Crippen LogP contribution >= 0.6 is 0 Å². The molecule has 2 aliphatic heterocycles. The van der Waals surface area contributed by atoms with Crippen LogP contribution in [0, 0.1) is 0 Å². The normalized spacial score (nSPS) is 18.7. The summed E-state index contributed by atoms with van der Waals surface area (Å²) in [6, 6.07) is 0. The second-order valence-electron chi connectivity index (χ2n) is 6.53. The van der Waals surface area contributed by atoms with E-state index in [1.54, 1.807) is 9.80 Å². The maximum Gasteiger partial charge on any atom is 0.505 e. The molecule has 4 amide bonds. The number of carboxylic acid groups (broad SMARTS) is 2. The lowest BCUT2D eigenvalue weighted by Crippen LogP contribution is -2.58. The van der Waals surface area contributed by atoms with Gasteiger partial charge in [0.2, 0.25) is 23.6 Å². The third kappa shape index (κ3) is 6.66. The summed E-state index contributed by atoms with van der Waals surface area (Å²) >= 11 is 0. The number of piperazine rings is 2. The Morgan fingerprint density at radius 1 is 0.633 bits per heavy atom. The van der Waals surface area contributed by atoms with Gasteiger partial charge in [-0.3, -0.25) is 38.8 Å². The van der Waals surface area contributed by atoms with Gasteiger partial charge in [0.1, 0.15) is 13.2 Å². The van der Waals surface area contributed by atoms with E-state index in [0.29, 0.717) is 0 Å². The number of hydrogen-bond donors (Lipinski definition) is 2. The van der Waals surface area contributed by atoms with Crippen molar-refractivity contribution in [2.75, 3.05) is 65.6 Å². The average Bonchev–Trinajstić information content (AvgIpc) is 2.64. The van der Waals surface area contributed by atoms with Gasteiger partial charge in [-0.1, -0.05) is 0 Å². The molecule has 0 spiro atoms. The number of hydrogen-bond acceptors (Lipinski definition) is 10. The summed E-state index contributed by atoms with van der Waals surface area (Å²) in [5.41, 5.74) is 0. The zero-order chi connectivity index (χ0) is 22.3. The average molecular weight is 430 g/mol. The van der Waals surface area contributed by atoms with Gasteiger partial charge >= 0.3 is 12.3 Å². The molecular weight excluding hydrogens is 408 g/mol. The minimum absolute atomic E-state index is 0.0623. The van der Waals surface area contributed by atoms with Crippen LogP contribution in [0.25, 0.3) is 0 Å². The Balaban J connectivity index is 1.76. The van der Waals surface area contributed by atoms with Crippen molar-refractivity contribution in [3.05, 3.63) is 0 Å². The van der Waals surface area contributed by atoms with Gasteiger partial charge in [-0.15, -0.1) is 0 Å². The largest absolute Gasteiger partial charge is 0.505 e. The van der Waals surface area contributed by atoms with Crippen LogP contribution in [0.2, 0.25) is 0 Å². The maximum atomic E-state index is 12.1. The predicted molar refractivity (Wildman–Crippen MR) is 94.3 cm³/mol. The smallest absolute Gasteiger partial charge is 0.450 e. The third-order valence-electron chi connectivity index (χ3n) is 4.45. The highest BCUT2D eigenvalue weighted by molar-refractivity contribution is 6.00. The van der Waals surface area contributed by atoms with E-state index in [0.717, 1.165) is 9.80 Å².